The number of sulfonamides is 1. The molecular formula is C20H25BrN2O3S2. The molecule has 1 aromatic carbocycles. The van der Waals surface area contributed by atoms with Gasteiger partial charge in [0.15, 0.2) is 0 Å². The Labute approximate surface area is 179 Å². The monoisotopic (exact) mass is 484 g/mol. The van der Waals surface area contributed by atoms with Gasteiger partial charge in [-0.25, -0.2) is 8.42 Å². The predicted molar refractivity (Wildman–Crippen MR) is 116 cm³/mol. The summed E-state index contributed by atoms with van der Waals surface area (Å²) in [5, 5.41) is 1.99. The molecule has 5 nitrogen and oxygen atoms in total. The number of thiophene rings is 1. The lowest BCUT2D eigenvalue weighted by Crippen LogP contribution is -2.42. The van der Waals surface area contributed by atoms with Crippen LogP contribution in [0.2, 0.25) is 0 Å². The lowest BCUT2D eigenvalue weighted by molar-refractivity contribution is 0.0785. The minimum Gasteiger partial charge on any atom is -0.337 e. The van der Waals surface area contributed by atoms with Crippen LogP contribution in [0.15, 0.2) is 44.4 Å². The van der Waals surface area contributed by atoms with Gasteiger partial charge in [-0.05, 0) is 69.4 Å². The molecule has 0 spiro atoms. The summed E-state index contributed by atoms with van der Waals surface area (Å²) in [5.41, 5.74) is 1.42. The lowest BCUT2D eigenvalue weighted by Gasteiger charge is -2.34. The third-order valence-corrected chi connectivity index (χ3v) is 8.32. The van der Waals surface area contributed by atoms with Crippen LogP contribution in [-0.4, -0.2) is 43.7 Å². The van der Waals surface area contributed by atoms with E-state index in [2.05, 4.69) is 29.8 Å². The summed E-state index contributed by atoms with van der Waals surface area (Å²) in [6.07, 6.45) is 1.04. The van der Waals surface area contributed by atoms with Crippen LogP contribution >= 0.6 is 27.3 Å². The normalized spacial score (nSPS) is 20.9. The number of carbonyl (C=O) groups excluding carboxylic acids is 1. The first-order valence-electron chi connectivity index (χ1n) is 9.25. The van der Waals surface area contributed by atoms with Gasteiger partial charge in [0.1, 0.15) is 0 Å². The molecule has 2 unspecified atom stereocenters. The minimum atomic E-state index is -3.61. The van der Waals surface area contributed by atoms with E-state index in [4.69, 9.17) is 0 Å². The highest BCUT2D eigenvalue weighted by Crippen LogP contribution is 2.27. The number of amides is 1. The predicted octanol–water partition coefficient (Wildman–Crippen LogP) is 4.45. The molecule has 1 fully saturated rings. The molecular weight excluding hydrogens is 460 g/mol. The molecule has 28 heavy (non-hydrogen) atoms. The molecule has 0 saturated carbocycles. The molecule has 2 heterocycles. The van der Waals surface area contributed by atoms with Crippen LogP contribution in [0.5, 0.6) is 0 Å². The van der Waals surface area contributed by atoms with Gasteiger partial charge in [0.25, 0.3) is 5.91 Å². The molecule has 0 bridgehead atoms. The first-order chi connectivity index (χ1) is 13.2. The van der Waals surface area contributed by atoms with E-state index in [1.54, 1.807) is 45.8 Å². The largest absolute Gasteiger partial charge is 0.337 e. The quantitative estimate of drug-likeness (QED) is 0.629. The van der Waals surface area contributed by atoms with Gasteiger partial charge < -0.3 is 4.90 Å². The van der Waals surface area contributed by atoms with Crippen molar-refractivity contribution in [2.75, 3.05) is 20.1 Å². The van der Waals surface area contributed by atoms with E-state index in [0.717, 1.165) is 15.8 Å². The second-order valence-electron chi connectivity index (χ2n) is 7.72. The Hall–Kier alpha value is -1.22. The van der Waals surface area contributed by atoms with Gasteiger partial charge in [0, 0.05) is 32.2 Å². The fourth-order valence-electron chi connectivity index (χ4n) is 3.74. The maximum absolute atomic E-state index is 13.1. The fourth-order valence-corrected chi connectivity index (χ4v) is 6.66. The third kappa shape index (κ3) is 4.84. The lowest BCUT2D eigenvalue weighted by atomic mass is 9.94. The van der Waals surface area contributed by atoms with E-state index in [0.29, 0.717) is 37.0 Å². The first kappa shape index (κ1) is 21.5. The number of carbonyl (C=O) groups is 1. The maximum atomic E-state index is 13.1. The van der Waals surface area contributed by atoms with Crippen molar-refractivity contribution in [3.05, 3.63) is 50.6 Å². The summed E-state index contributed by atoms with van der Waals surface area (Å²) in [4.78, 5) is 14.6. The van der Waals surface area contributed by atoms with Crippen molar-refractivity contribution >= 4 is 43.2 Å². The van der Waals surface area contributed by atoms with Crippen molar-refractivity contribution in [1.29, 1.82) is 0 Å². The van der Waals surface area contributed by atoms with Crippen LogP contribution in [0.4, 0.5) is 0 Å². The van der Waals surface area contributed by atoms with Crippen molar-refractivity contribution in [3.63, 3.8) is 0 Å². The molecule has 1 aromatic heterocycles. The van der Waals surface area contributed by atoms with Crippen molar-refractivity contribution in [2.45, 2.75) is 31.7 Å². The smallest absolute Gasteiger partial charge is 0.253 e. The first-order valence-corrected chi connectivity index (χ1v) is 12.4. The van der Waals surface area contributed by atoms with Gasteiger partial charge in [-0.15, -0.1) is 11.3 Å². The molecule has 152 valence electrons. The highest BCUT2D eigenvalue weighted by molar-refractivity contribution is 9.11. The number of rotatable bonds is 5. The second kappa shape index (κ2) is 8.65. The molecule has 0 aliphatic carbocycles. The standard InChI is InChI=1S/C20H25BrN2O3S2/c1-14-7-15(2)11-23(10-14)28(25,26)18-6-4-5-17(9-18)20(24)22(3)12-16-8-19(21)27-13-16/h4-6,8-9,13-15H,7,10-12H2,1-3H3. The Balaban J connectivity index is 1.80. The van der Waals surface area contributed by atoms with E-state index in [-0.39, 0.29) is 10.8 Å². The Bertz CT molecular complexity index is 948. The summed E-state index contributed by atoms with van der Waals surface area (Å²) in [6.45, 7) is 5.68. The molecule has 8 heteroatoms. The highest BCUT2D eigenvalue weighted by atomic mass is 79.9. The Morgan fingerprint density at radius 1 is 1.25 bits per heavy atom. The SMILES string of the molecule is CC1CC(C)CN(S(=O)(=O)c2cccc(C(=O)N(C)Cc3csc(Br)c3)c2)C1. The van der Waals surface area contributed by atoms with Gasteiger partial charge in [0.05, 0.1) is 8.68 Å². The van der Waals surface area contributed by atoms with Gasteiger partial charge in [-0.2, -0.15) is 4.31 Å². The van der Waals surface area contributed by atoms with Gasteiger partial charge in [0.2, 0.25) is 10.0 Å². The summed E-state index contributed by atoms with van der Waals surface area (Å²) >= 11 is 4.99. The molecule has 1 aliphatic heterocycles. The van der Waals surface area contributed by atoms with Crippen molar-refractivity contribution in [3.8, 4) is 0 Å². The summed E-state index contributed by atoms with van der Waals surface area (Å²) in [6, 6.07) is 8.37. The van der Waals surface area contributed by atoms with E-state index < -0.39 is 10.0 Å². The summed E-state index contributed by atoms with van der Waals surface area (Å²) < 4.78 is 28.8. The van der Waals surface area contributed by atoms with Crippen LogP contribution in [0.3, 0.4) is 0 Å². The molecule has 2 atom stereocenters. The minimum absolute atomic E-state index is 0.186. The number of hydrogen-bond acceptors (Lipinski definition) is 4. The molecule has 3 rings (SSSR count). The molecule has 2 aromatic rings. The fraction of sp³-hybridized carbons (Fsp3) is 0.450. The Morgan fingerprint density at radius 3 is 2.54 bits per heavy atom. The van der Waals surface area contributed by atoms with Gasteiger partial charge >= 0.3 is 0 Å². The zero-order valence-electron chi connectivity index (χ0n) is 16.3. The number of hydrogen-bond donors (Lipinski definition) is 0. The Morgan fingerprint density at radius 2 is 1.93 bits per heavy atom. The van der Waals surface area contributed by atoms with Crippen LogP contribution in [0, 0.1) is 11.8 Å². The van der Waals surface area contributed by atoms with Gasteiger partial charge in [-0.3, -0.25) is 4.79 Å². The molecule has 0 radical (unpaired) electrons. The zero-order chi connectivity index (χ0) is 20.5. The molecule has 1 aliphatic rings. The second-order valence-corrected chi connectivity index (χ2v) is 11.9. The maximum Gasteiger partial charge on any atom is 0.253 e. The van der Waals surface area contributed by atoms with E-state index >= 15 is 0 Å². The zero-order valence-corrected chi connectivity index (χ0v) is 19.5. The van der Waals surface area contributed by atoms with Crippen molar-refractivity contribution in [1.82, 2.24) is 9.21 Å². The summed E-state index contributed by atoms with van der Waals surface area (Å²) in [7, 11) is -1.88. The molecule has 1 saturated heterocycles. The van der Waals surface area contributed by atoms with E-state index in [1.165, 1.54) is 6.07 Å². The van der Waals surface area contributed by atoms with Crippen LogP contribution in [0.1, 0.15) is 36.2 Å². The van der Waals surface area contributed by atoms with E-state index in [9.17, 15) is 13.2 Å². The summed E-state index contributed by atoms with van der Waals surface area (Å²) in [5.74, 6) is 0.471. The average Bonchev–Trinajstić information content (AvgIpc) is 3.05. The number of benzene rings is 1. The average molecular weight is 485 g/mol. The molecule has 0 N–H and O–H groups in total. The van der Waals surface area contributed by atoms with Crippen molar-refractivity contribution < 1.29 is 13.2 Å². The Kier molecular flexibility index (Phi) is 6.64. The van der Waals surface area contributed by atoms with Crippen LogP contribution < -0.4 is 0 Å². The highest BCUT2D eigenvalue weighted by Gasteiger charge is 2.32. The number of piperidine rings is 1. The van der Waals surface area contributed by atoms with Gasteiger partial charge in [-0.1, -0.05) is 19.9 Å². The number of nitrogens with zero attached hydrogens (tertiary/aromatic N) is 2. The van der Waals surface area contributed by atoms with Crippen LogP contribution in [-0.2, 0) is 16.6 Å². The van der Waals surface area contributed by atoms with Crippen molar-refractivity contribution in [2.24, 2.45) is 11.8 Å². The van der Waals surface area contributed by atoms with Crippen LogP contribution in [0.25, 0.3) is 0 Å². The number of halogens is 1. The third-order valence-electron chi connectivity index (χ3n) is 4.94. The topological polar surface area (TPSA) is 57.7 Å². The molecule has 1 amide bonds. The van der Waals surface area contributed by atoms with E-state index in [1.807, 2.05) is 11.4 Å².